The van der Waals surface area contributed by atoms with Gasteiger partial charge in [-0.25, -0.2) is 4.39 Å². The maximum Gasteiger partial charge on any atom is 0.123 e. The van der Waals surface area contributed by atoms with Crippen molar-refractivity contribution in [2.24, 2.45) is 0 Å². The molecule has 1 aliphatic heterocycles. The van der Waals surface area contributed by atoms with Crippen molar-refractivity contribution < 1.29 is 14.2 Å². The molecule has 0 bridgehead atoms. The van der Waals surface area contributed by atoms with Crippen LogP contribution in [0.3, 0.4) is 0 Å². The van der Waals surface area contributed by atoms with Gasteiger partial charge in [0.15, 0.2) is 0 Å². The summed E-state index contributed by atoms with van der Waals surface area (Å²) in [7, 11) is 0. The number of halogens is 1. The Bertz CT molecular complexity index is 387. The van der Waals surface area contributed by atoms with Crippen molar-refractivity contribution in [3.05, 3.63) is 29.6 Å². The maximum atomic E-state index is 13.1. The molecule has 0 spiro atoms. The van der Waals surface area contributed by atoms with Crippen molar-refractivity contribution in [2.75, 3.05) is 32.1 Å². The summed E-state index contributed by atoms with van der Waals surface area (Å²) in [6.07, 6.45) is 0. The third kappa shape index (κ3) is 2.94. The Morgan fingerprint density at radius 3 is 3.12 bits per heavy atom. The molecule has 1 aromatic rings. The van der Waals surface area contributed by atoms with Crippen LogP contribution in [0.4, 0.5) is 10.1 Å². The minimum absolute atomic E-state index is 0.0357. The molecule has 4 nitrogen and oxygen atoms in total. The van der Waals surface area contributed by atoms with Crippen molar-refractivity contribution in [2.45, 2.75) is 12.6 Å². The molecular formula is C12H17FN2O2. The Balaban J connectivity index is 2.10. The number of aliphatic hydroxyl groups is 1. The van der Waals surface area contributed by atoms with E-state index in [1.807, 2.05) is 0 Å². The lowest BCUT2D eigenvalue weighted by atomic mass is 10.1. The van der Waals surface area contributed by atoms with E-state index in [4.69, 9.17) is 10.5 Å². The third-order valence-corrected chi connectivity index (χ3v) is 3.04. The Morgan fingerprint density at radius 1 is 1.53 bits per heavy atom. The maximum absolute atomic E-state index is 13.1. The van der Waals surface area contributed by atoms with E-state index in [0.29, 0.717) is 25.4 Å². The summed E-state index contributed by atoms with van der Waals surface area (Å²) < 4.78 is 18.4. The largest absolute Gasteiger partial charge is 0.398 e. The predicted octanol–water partition coefficient (Wildman–Crippen LogP) is 0.601. The molecule has 5 heteroatoms. The summed E-state index contributed by atoms with van der Waals surface area (Å²) in [5, 5.41) is 9.24. The van der Waals surface area contributed by atoms with Crippen LogP contribution in [0.1, 0.15) is 5.56 Å². The Kier molecular flexibility index (Phi) is 3.93. The zero-order valence-electron chi connectivity index (χ0n) is 9.60. The Labute approximate surface area is 99.8 Å². The molecule has 0 aliphatic carbocycles. The van der Waals surface area contributed by atoms with Gasteiger partial charge in [-0.3, -0.25) is 4.90 Å². The van der Waals surface area contributed by atoms with Gasteiger partial charge in [0.2, 0.25) is 0 Å². The van der Waals surface area contributed by atoms with Crippen LogP contribution < -0.4 is 5.73 Å². The van der Waals surface area contributed by atoms with Crippen molar-refractivity contribution >= 4 is 5.69 Å². The van der Waals surface area contributed by atoms with Crippen molar-refractivity contribution in [3.8, 4) is 0 Å². The van der Waals surface area contributed by atoms with Crippen molar-refractivity contribution in [1.82, 2.24) is 4.90 Å². The third-order valence-electron chi connectivity index (χ3n) is 3.04. The van der Waals surface area contributed by atoms with Crippen LogP contribution in [0, 0.1) is 5.82 Å². The number of benzene rings is 1. The van der Waals surface area contributed by atoms with Gasteiger partial charge in [-0.05, 0) is 23.8 Å². The fourth-order valence-corrected chi connectivity index (χ4v) is 2.00. The van der Waals surface area contributed by atoms with E-state index < -0.39 is 0 Å². The number of anilines is 1. The quantitative estimate of drug-likeness (QED) is 0.760. The highest BCUT2D eigenvalue weighted by Crippen LogP contribution is 2.18. The molecular weight excluding hydrogens is 223 g/mol. The number of nitrogens with zero attached hydrogens (tertiary/aromatic N) is 1. The van der Waals surface area contributed by atoms with Crippen LogP contribution in [-0.4, -0.2) is 42.4 Å². The van der Waals surface area contributed by atoms with E-state index in [0.717, 1.165) is 12.1 Å². The first-order chi connectivity index (χ1) is 8.20. The lowest BCUT2D eigenvalue weighted by Gasteiger charge is -2.34. The molecule has 2 rings (SSSR count). The summed E-state index contributed by atoms with van der Waals surface area (Å²) >= 11 is 0. The molecule has 1 saturated heterocycles. The number of aliphatic hydroxyl groups excluding tert-OH is 1. The molecule has 1 atom stereocenters. The van der Waals surface area contributed by atoms with E-state index in [2.05, 4.69) is 4.90 Å². The topological polar surface area (TPSA) is 58.7 Å². The average molecular weight is 240 g/mol. The fraction of sp³-hybridized carbons (Fsp3) is 0.500. The number of hydrogen-bond acceptors (Lipinski definition) is 4. The van der Waals surface area contributed by atoms with Gasteiger partial charge in [0.05, 0.1) is 25.9 Å². The van der Waals surface area contributed by atoms with E-state index in [9.17, 15) is 9.50 Å². The highest BCUT2D eigenvalue weighted by Gasteiger charge is 2.22. The lowest BCUT2D eigenvalue weighted by molar-refractivity contribution is -0.0312. The van der Waals surface area contributed by atoms with Crippen molar-refractivity contribution in [3.63, 3.8) is 0 Å². The van der Waals surface area contributed by atoms with Gasteiger partial charge in [0, 0.05) is 18.8 Å². The summed E-state index contributed by atoms with van der Waals surface area (Å²) in [5.74, 6) is -0.289. The highest BCUT2D eigenvalue weighted by atomic mass is 19.1. The molecule has 1 aromatic carbocycles. The predicted molar refractivity (Wildman–Crippen MR) is 62.9 cm³/mol. The second-order valence-electron chi connectivity index (χ2n) is 4.22. The van der Waals surface area contributed by atoms with Crippen LogP contribution in [0.25, 0.3) is 0 Å². The van der Waals surface area contributed by atoms with Crippen LogP contribution >= 0.6 is 0 Å². The first kappa shape index (κ1) is 12.3. The number of rotatable bonds is 3. The lowest BCUT2D eigenvalue weighted by Crippen LogP contribution is -2.46. The average Bonchev–Trinajstić information content (AvgIpc) is 2.34. The summed E-state index contributed by atoms with van der Waals surface area (Å²) in [5.41, 5.74) is 7.14. The SMILES string of the molecule is Nc1ccc(F)cc1CN1CCOCC1CO. The van der Waals surface area contributed by atoms with E-state index in [1.54, 1.807) is 6.07 Å². The van der Waals surface area contributed by atoms with E-state index in [1.165, 1.54) is 12.1 Å². The number of ether oxygens (including phenoxy) is 1. The van der Waals surface area contributed by atoms with Gasteiger partial charge in [0.1, 0.15) is 5.82 Å². The van der Waals surface area contributed by atoms with Gasteiger partial charge >= 0.3 is 0 Å². The molecule has 1 heterocycles. The van der Waals surface area contributed by atoms with Crippen LogP contribution in [0.2, 0.25) is 0 Å². The van der Waals surface area contributed by atoms with Crippen LogP contribution in [0.5, 0.6) is 0 Å². The van der Waals surface area contributed by atoms with Gasteiger partial charge < -0.3 is 15.6 Å². The molecule has 0 amide bonds. The van der Waals surface area contributed by atoms with Gasteiger partial charge in [-0.1, -0.05) is 0 Å². The zero-order chi connectivity index (χ0) is 12.3. The standard InChI is InChI=1S/C12H17FN2O2/c13-10-1-2-12(14)9(5-10)6-15-3-4-17-8-11(15)7-16/h1-2,5,11,16H,3-4,6-8,14H2. The Morgan fingerprint density at radius 2 is 2.35 bits per heavy atom. The van der Waals surface area contributed by atoms with Crippen molar-refractivity contribution in [1.29, 1.82) is 0 Å². The summed E-state index contributed by atoms with van der Waals surface area (Å²) in [4.78, 5) is 2.06. The molecule has 1 aliphatic rings. The minimum Gasteiger partial charge on any atom is -0.398 e. The number of nitrogens with two attached hydrogens (primary N) is 1. The molecule has 0 radical (unpaired) electrons. The highest BCUT2D eigenvalue weighted by molar-refractivity contribution is 5.46. The van der Waals surface area contributed by atoms with Gasteiger partial charge in [-0.2, -0.15) is 0 Å². The molecule has 0 saturated carbocycles. The molecule has 1 fully saturated rings. The van der Waals surface area contributed by atoms with Gasteiger partial charge in [0.25, 0.3) is 0 Å². The number of nitrogen functional groups attached to an aromatic ring is 1. The Hall–Kier alpha value is -1.17. The van der Waals surface area contributed by atoms with Crippen LogP contribution in [-0.2, 0) is 11.3 Å². The van der Waals surface area contributed by atoms with E-state index >= 15 is 0 Å². The second kappa shape index (κ2) is 5.44. The number of hydrogen-bond donors (Lipinski definition) is 2. The van der Waals surface area contributed by atoms with E-state index in [-0.39, 0.29) is 18.5 Å². The molecule has 94 valence electrons. The number of morpholine rings is 1. The van der Waals surface area contributed by atoms with Crippen LogP contribution in [0.15, 0.2) is 18.2 Å². The molecule has 17 heavy (non-hydrogen) atoms. The normalized spacial score (nSPS) is 21.6. The summed E-state index contributed by atoms with van der Waals surface area (Å²) in [6.45, 7) is 2.44. The summed E-state index contributed by atoms with van der Waals surface area (Å²) in [6, 6.07) is 4.33. The fourth-order valence-electron chi connectivity index (χ4n) is 2.00. The molecule has 1 unspecified atom stereocenters. The molecule has 3 N–H and O–H groups in total. The zero-order valence-corrected chi connectivity index (χ0v) is 9.60. The first-order valence-electron chi connectivity index (χ1n) is 5.67. The van der Waals surface area contributed by atoms with Gasteiger partial charge in [-0.15, -0.1) is 0 Å². The smallest absolute Gasteiger partial charge is 0.123 e. The second-order valence-corrected chi connectivity index (χ2v) is 4.22. The monoisotopic (exact) mass is 240 g/mol. The minimum atomic E-state index is -0.289. The first-order valence-corrected chi connectivity index (χ1v) is 5.67. The molecule has 0 aromatic heterocycles.